The predicted octanol–water partition coefficient (Wildman–Crippen LogP) is -19.2. The summed E-state index contributed by atoms with van der Waals surface area (Å²) < 4.78 is 102. The molecule has 0 unspecified atom stereocenters. The molecule has 0 fully saturated rings. The van der Waals surface area contributed by atoms with E-state index in [2.05, 4.69) is 0 Å². The van der Waals surface area contributed by atoms with Crippen LogP contribution in [0.25, 0.3) is 0 Å². The molecule has 0 atom stereocenters. The van der Waals surface area contributed by atoms with Crippen LogP contribution in [0.15, 0.2) is 0 Å². The fraction of sp³-hybridized carbons (Fsp3) is 0. The van der Waals surface area contributed by atoms with Gasteiger partial charge >= 0.3 is 35.6 Å². The van der Waals surface area contributed by atoms with Gasteiger partial charge in [0, 0.05) is 0 Å². The first kappa shape index (κ1) is 65.5. The van der Waals surface area contributed by atoms with E-state index in [0.717, 1.165) is 0 Å². The normalized spacial score (nSPS) is 8.18. The second-order valence-corrected chi connectivity index (χ2v) is 3.40. The van der Waals surface area contributed by atoms with Crippen LogP contribution in [0.2, 0.25) is 0 Å². The van der Waals surface area contributed by atoms with Gasteiger partial charge in [0.25, 0.3) is 0 Å². The Hall–Kier alpha value is 1.34. The molecule has 0 heterocycles. The molecule has 0 aromatic carbocycles. The molecule has 22 heavy (non-hydrogen) atoms. The third kappa shape index (κ3) is 4890. The van der Waals surface area contributed by atoms with Gasteiger partial charge in [-0.05, 0) is 0 Å². The molecule has 0 aliphatic heterocycles. The van der Waals surface area contributed by atoms with E-state index in [1.807, 2.05) is 0 Å². The molecule has 0 aromatic rings. The Morgan fingerprint density at radius 3 is 0.273 bits per heavy atom. The summed E-state index contributed by atoms with van der Waals surface area (Å²) in [5.41, 5.74) is 0. The van der Waals surface area contributed by atoms with Gasteiger partial charge in [-0.3, -0.25) is 0 Å². The van der Waals surface area contributed by atoms with Crippen molar-refractivity contribution in [2.45, 2.75) is 0 Å². The number of rotatable bonds is 0. The van der Waals surface area contributed by atoms with Crippen LogP contribution in [0.3, 0.4) is 0 Å². The summed E-state index contributed by atoms with van der Waals surface area (Å²) in [7, 11) is -14.8. The molecule has 22 heteroatoms. The molecule has 144 valence electrons. The average Bonchev–Trinajstić information content (AvgIpc) is 1.41. The van der Waals surface area contributed by atoms with Crippen LogP contribution in [-0.2, 0) is 0 Å². The average molecular weight is 545 g/mol. The molecule has 0 aromatic heterocycles. The molecule has 0 rings (SSSR count). The Morgan fingerprint density at radius 2 is 0.273 bits per heavy atom. The quantitative estimate of drug-likeness (QED) is 0.274. The van der Waals surface area contributed by atoms with Crippen LogP contribution >= 0.6 is 0 Å². The first-order valence-corrected chi connectivity index (χ1v) is 5.55. The summed E-state index contributed by atoms with van der Waals surface area (Å²) in [5, 5.41) is 0. The van der Waals surface area contributed by atoms with Crippen molar-refractivity contribution in [3.05, 3.63) is 0 Å². The zero-order valence-electron chi connectivity index (χ0n) is 9.61. The van der Waals surface area contributed by atoms with Crippen molar-refractivity contribution < 1.29 is 155 Å². The van der Waals surface area contributed by atoms with E-state index < -0.39 is 30.7 Å². The Bertz CT molecular complexity index is 93.4. The third-order valence-electron chi connectivity index (χ3n) is 0. The number of halogens is 3. The molecule has 0 bridgehead atoms. The zero-order chi connectivity index (χ0) is 13.5. The maximum atomic E-state index is 8.49. The second-order valence-electron chi connectivity index (χ2n) is 1.13. The van der Waals surface area contributed by atoms with Crippen LogP contribution in [0.5, 0.6) is 0 Å². The molecule has 12 N–H and O–H groups in total. The van der Waals surface area contributed by atoms with Gasteiger partial charge in [0.15, 0.2) is 0 Å². The Morgan fingerprint density at radius 1 is 0.273 bits per heavy atom. The van der Waals surface area contributed by atoms with Crippen molar-refractivity contribution >= 4 is 0 Å². The Kier molecular flexibility index (Phi) is 80.9. The van der Waals surface area contributed by atoms with E-state index in [4.69, 9.17) is 55.9 Å². The number of hydrogen-bond donors (Lipinski definition) is 0. The van der Waals surface area contributed by atoms with Crippen molar-refractivity contribution in [1.29, 1.82) is 0 Å². The summed E-state index contributed by atoms with van der Waals surface area (Å²) in [4.78, 5) is 0. The Labute approximate surface area is 154 Å². The molecule has 0 radical (unpaired) electrons. The summed E-state index contributed by atoms with van der Waals surface area (Å²) in [6.45, 7) is 0. The van der Waals surface area contributed by atoms with Gasteiger partial charge in [-0.15, -0.1) is 30.7 Å². The maximum Gasteiger partial charge on any atom is 3.00 e. The Balaban J connectivity index is -0.0000000106. The van der Waals surface area contributed by atoms with E-state index in [-0.39, 0.29) is 68.5 Å². The minimum Gasteiger partial charge on any atom is -0.412 e. The van der Waals surface area contributed by atoms with E-state index in [9.17, 15) is 0 Å². The summed E-state index contributed by atoms with van der Waals surface area (Å²) in [6, 6.07) is 0. The molecule has 0 aliphatic rings. The zero-order valence-corrected chi connectivity index (χ0v) is 15.5. The molecule has 0 amide bonds. The molecule has 0 saturated carbocycles. The van der Waals surface area contributed by atoms with Crippen molar-refractivity contribution in [1.82, 2.24) is 0 Å². The third-order valence-corrected chi connectivity index (χ3v) is 0. The monoisotopic (exact) mass is 544 g/mol. The first-order chi connectivity index (χ1) is 6.00. The van der Waals surface area contributed by atoms with Gasteiger partial charge in [0.2, 0.25) is 0 Å². The SMILES string of the molecule is O.O.O.O.O.O.[La+3].[O-][Cl+3]([O-])([O-])[O-].[O-][Cl+3]([O-])([O-])[O-].[O-][Cl+3]([O-])([O-])[O-]. The van der Waals surface area contributed by atoms with Crippen LogP contribution < -0.4 is 55.9 Å². The maximum absolute atomic E-state index is 8.49. The van der Waals surface area contributed by atoms with Gasteiger partial charge in [-0.2, -0.15) is 0 Å². The van der Waals surface area contributed by atoms with Gasteiger partial charge in [0.1, 0.15) is 0 Å². The minimum absolute atomic E-state index is 0. The number of hydrogen-bond acceptors (Lipinski definition) is 12. The van der Waals surface area contributed by atoms with Gasteiger partial charge in [-0.25, -0.2) is 55.9 Å². The molecular weight excluding hydrogens is 533 g/mol. The van der Waals surface area contributed by atoms with E-state index in [1.54, 1.807) is 0 Å². The molecule has 18 nitrogen and oxygen atoms in total. The molecule has 0 saturated heterocycles. The van der Waals surface area contributed by atoms with E-state index in [1.165, 1.54) is 0 Å². The molecule has 0 aliphatic carbocycles. The van der Waals surface area contributed by atoms with Crippen LogP contribution in [-0.4, -0.2) is 32.9 Å². The first-order valence-electron chi connectivity index (χ1n) is 1.85. The van der Waals surface area contributed by atoms with Crippen LogP contribution in [0.1, 0.15) is 0 Å². The predicted molar refractivity (Wildman–Crippen MR) is 21.7 cm³/mol. The van der Waals surface area contributed by atoms with Crippen molar-refractivity contribution in [3.63, 3.8) is 0 Å². The second kappa shape index (κ2) is 27.2. The van der Waals surface area contributed by atoms with Crippen molar-refractivity contribution in [2.75, 3.05) is 0 Å². The van der Waals surface area contributed by atoms with Crippen molar-refractivity contribution in [2.24, 2.45) is 0 Å². The van der Waals surface area contributed by atoms with Crippen LogP contribution in [0, 0.1) is 66.3 Å². The van der Waals surface area contributed by atoms with E-state index >= 15 is 0 Å². The van der Waals surface area contributed by atoms with Crippen molar-refractivity contribution in [3.8, 4) is 0 Å². The summed E-state index contributed by atoms with van der Waals surface area (Å²) in [5.74, 6) is 0. The summed E-state index contributed by atoms with van der Waals surface area (Å²) in [6.07, 6.45) is 0. The fourth-order valence-electron chi connectivity index (χ4n) is 0. The van der Waals surface area contributed by atoms with Gasteiger partial charge in [0.05, 0.1) is 0 Å². The smallest absolute Gasteiger partial charge is 0.412 e. The minimum atomic E-state index is -4.94. The van der Waals surface area contributed by atoms with E-state index in [0.29, 0.717) is 0 Å². The summed E-state index contributed by atoms with van der Waals surface area (Å²) >= 11 is 0. The van der Waals surface area contributed by atoms with Gasteiger partial charge in [-0.1, -0.05) is 0 Å². The molecular formula is H12Cl3LaO18. The largest absolute Gasteiger partial charge is 3.00 e. The molecule has 0 spiro atoms. The van der Waals surface area contributed by atoms with Gasteiger partial charge < -0.3 is 32.9 Å². The topological polar surface area (TPSA) is 466 Å². The van der Waals surface area contributed by atoms with Crippen LogP contribution in [0.4, 0.5) is 0 Å². The standard InChI is InChI=1S/3ClHO4.La.6H2O/c3*2-1(3,4)5;;;;;;;/h3*(H,2,3,4,5);;6*1H2/q;;;+3;;;;;;/p-3. The fourth-order valence-corrected chi connectivity index (χ4v) is 0.